The normalized spacial score (nSPS) is 11.7. The molecule has 0 atom stereocenters. The molecule has 0 fully saturated rings. The van der Waals surface area contributed by atoms with E-state index in [0.717, 1.165) is 0 Å². The summed E-state index contributed by atoms with van der Waals surface area (Å²) in [6.45, 7) is 0. The number of aromatic nitrogens is 2. The van der Waals surface area contributed by atoms with Crippen LogP contribution in [0.4, 0.5) is 33.5 Å². The van der Waals surface area contributed by atoms with Crippen LogP contribution in [0.5, 0.6) is 0 Å². The van der Waals surface area contributed by atoms with E-state index in [2.05, 4.69) is 5.10 Å². The first-order chi connectivity index (χ1) is 12.4. The Kier molecular flexibility index (Phi) is 5.82. The van der Waals surface area contributed by atoms with E-state index in [0.29, 0.717) is 16.9 Å². The molecule has 1 aromatic carbocycles. The number of anilines is 1. The maximum atomic E-state index is 12.9. The molecule has 2 aromatic rings. The summed E-state index contributed by atoms with van der Waals surface area (Å²) in [6.07, 6.45) is -7.92. The summed E-state index contributed by atoms with van der Waals surface area (Å²) in [5.41, 5.74) is -2.93. The van der Waals surface area contributed by atoms with Crippen LogP contribution in [0.25, 0.3) is 5.69 Å². The molecule has 1 heterocycles. The van der Waals surface area contributed by atoms with E-state index in [4.69, 9.17) is 34.8 Å². The third-order valence-corrected chi connectivity index (χ3v) is 4.18. The quantitative estimate of drug-likeness (QED) is 0.307. The van der Waals surface area contributed by atoms with Gasteiger partial charge >= 0.3 is 18.3 Å². The zero-order valence-electron chi connectivity index (χ0n) is 12.3. The lowest BCUT2D eigenvalue weighted by Crippen LogP contribution is -2.22. The van der Waals surface area contributed by atoms with Crippen molar-refractivity contribution in [2.75, 3.05) is 5.32 Å². The van der Waals surface area contributed by atoms with E-state index in [1.165, 1.54) is 0 Å². The second-order valence-electron chi connectivity index (χ2n) is 4.72. The zero-order chi connectivity index (χ0) is 20.7. The summed E-state index contributed by atoms with van der Waals surface area (Å²) in [6, 6.07) is 0.372. The SMILES string of the molecule is O=C(Nc1c([N+](=O)[O-])cnn1-c1c(Cl)cc(C(F)(F)F)c(Cl)c1Cl)C(F)F. The third-order valence-electron chi connectivity index (χ3n) is 3.04. The number of benzene rings is 1. The Morgan fingerprint density at radius 2 is 1.85 bits per heavy atom. The second-order valence-corrected chi connectivity index (χ2v) is 5.88. The molecule has 0 spiro atoms. The number of halogens is 8. The van der Waals surface area contributed by atoms with Gasteiger partial charge < -0.3 is 0 Å². The average Bonchev–Trinajstić information content (AvgIpc) is 2.93. The van der Waals surface area contributed by atoms with Crippen LogP contribution in [0, 0.1) is 10.1 Å². The predicted octanol–water partition coefficient (Wildman–Crippen LogP) is 4.96. The van der Waals surface area contributed by atoms with Gasteiger partial charge in [-0.1, -0.05) is 34.8 Å². The fourth-order valence-electron chi connectivity index (χ4n) is 1.92. The molecule has 0 unspecified atom stereocenters. The summed E-state index contributed by atoms with van der Waals surface area (Å²) < 4.78 is 64.2. The minimum absolute atomic E-state index is 0.372. The third kappa shape index (κ3) is 4.06. The smallest absolute Gasteiger partial charge is 0.300 e. The highest BCUT2D eigenvalue weighted by atomic mass is 35.5. The fourth-order valence-corrected chi connectivity index (χ4v) is 2.78. The van der Waals surface area contributed by atoms with Gasteiger partial charge in [-0.2, -0.15) is 27.1 Å². The van der Waals surface area contributed by atoms with E-state index in [1.807, 2.05) is 0 Å². The largest absolute Gasteiger partial charge is 0.417 e. The Morgan fingerprint density at radius 3 is 2.33 bits per heavy atom. The van der Waals surface area contributed by atoms with E-state index in [1.54, 1.807) is 5.32 Å². The van der Waals surface area contributed by atoms with E-state index in [-0.39, 0.29) is 0 Å². The van der Waals surface area contributed by atoms with Crippen molar-refractivity contribution in [2.45, 2.75) is 12.6 Å². The second kappa shape index (κ2) is 7.44. The number of hydrogen-bond donors (Lipinski definition) is 1. The number of nitro groups is 1. The first-order valence-corrected chi connectivity index (χ1v) is 7.56. The number of nitrogens with one attached hydrogen (secondary N) is 1. The van der Waals surface area contributed by atoms with Gasteiger partial charge in [-0.15, -0.1) is 0 Å². The topological polar surface area (TPSA) is 90.1 Å². The molecule has 1 amide bonds. The van der Waals surface area contributed by atoms with Crippen LogP contribution in [0.1, 0.15) is 5.56 Å². The molecule has 0 aliphatic carbocycles. The van der Waals surface area contributed by atoms with Gasteiger partial charge in [0.2, 0.25) is 5.82 Å². The lowest BCUT2D eigenvalue weighted by molar-refractivity contribution is -0.384. The summed E-state index contributed by atoms with van der Waals surface area (Å²) in [4.78, 5) is 21.2. The van der Waals surface area contributed by atoms with Crippen molar-refractivity contribution in [3.8, 4) is 5.69 Å². The van der Waals surface area contributed by atoms with Crippen molar-refractivity contribution in [3.05, 3.63) is 43.0 Å². The number of carbonyl (C=O) groups is 1. The van der Waals surface area contributed by atoms with Crippen LogP contribution in [0.15, 0.2) is 12.3 Å². The monoisotopic (exact) mass is 452 g/mol. The van der Waals surface area contributed by atoms with E-state index < -0.39 is 61.3 Å². The Morgan fingerprint density at radius 1 is 1.26 bits per heavy atom. The molecule has 0 saturated carbocycles. The first kappa shape index (κ1) is 21.1. The van der Waals surface area contributed by atoms with Crippen LogP contribution >= 0.6 is 34.8 Å². The van der Waals surface area contributed by atoms with Crippen molar-refractivity contribution < 1.29 is 31.7 Å². The highest BCUT2D eigenvalue weighted by Crippen LogP contribution is 2.45. The molecule has 1 N–H and O–H groups in total. The zero-order valence-corrected chi connectivity index (χ0v) is 14.6. The number of rotatable bonds is 4. The molecular formula is C12H4Cl3F5N4O3. The Bertz CT molecular complexity index is 932. The molecule has 27 heavy (non-hydrogen) atoms. The van der Waals surface area contributed by atoms with Gasteiger partial charge in [0, 0.05) is 0 Å². The Balaban J connectivity index is 2.74. The minimum Gasteiger partial charge on any atom is -0.300 e. The maximum Gasteiger partial charge on any atom is 0.417 e. The van der Waals surface area contributed by atoms with Crippen LogP contribution in [-0.2, 0) is 11.0 Å². The van der Waals surface area contributed by atoms with Crippen molar-refractivity contribution in [2.24, 2.45) is 0 Å². The van der Waals surface area contributed by atoms with Gasteiger partial charge in [0.25, 0.3) is 5.91 Å². The Labute approximate surface area is 160 Å². The molecule has 146 valence electrons. The molecule has 0 saturated heterocycles. The summed E-state index contributed by atoms with van der Waals surface area (Å²) in [5, 5.41) is 13.5. The minimum atomic E-state index is -4.92. The Hall–Kier alpha value is -2.18. The van der Waals surface area contributed by atoms with Gasteiger partial charge in [0.05, 0.1) is 25.6 Å². The number of nitrogens with zero attached hydrogens (tertiary/aromatic N) is 3. The number of carbonyl (C=O) groups excluding carboxylic acids is 1. The summed E-state index contributed by atoms with van der Waals surface area (Å²) >= 11 is 17.2. The van der Waals surface area contributed by atoms with Crippen LogP contribution < -0.4 is 5.32 Å². The molecule has 1 aromatic heterocycles. The molecule has 15 heteroatoms. The van der Waals surface area contributed by atoms with Gasteiger partial charge in [-0.3, -0.25) is 20.2 Å². The standard InChI is InChI=1S/C12H4Cl3F5N4O3/c13-4-1-3(12(18,19)20)6(14)7(15)8(4)23-10(22-11(25)9(16)17)5(2-21-23)24(26)27/h1-2,9H,(H,22,25). The number of amides is 1. The van der Waals surface area contributed by atoms with Gasteiger partial charge in [0.15, 0.2) is 0 Å². The molecular weight excluding hydrogens is 450 g/mol. The predicted molar refractivity (Wildman–Crippen MR) is 84.9 cm³/mol. The maximum absolute atomic E-state index is 12.9. The lowest BCUT2D eigenvalue weighted by Gasteiger charge is -2.16. The molecule has 0 radical (unpaired) electrons. The first-order valence-electron chi connectivity index (χ1n) is 6.42. The summed E-state index contributed by atoms with van der Waals surface area (Å²) in [5.74, 6) is -2.82. The van der Waals surface area contributed by atoms with E-state index >= 15 is 0 Å². The molecule has 0 aliphatic heterocycles. The average molecular weight is 454 g/mol. The molecule has 0 bridgehead atoms. The highest BCUT2D eigenvalue weighted by Gasteiger charge is 2.37. The van der Waals surface area contributed by atoms with Gasteiger partial charge in [-0.05, 0) is 6.07 Å². The molecule has 0 aliphatic rings. The van der Waals surface area contributed by atoms with Crippen molar-refractivity contribution >= 4 is 52.2 Å². The molecule has 7 nitrogen and oxygen atoms in total. The van der Waals surface area contributed by atoms with Crippen molar-refractivity contribution in [3.63, 3.8) is 0 Å². The lowest BCUT2D eigenvalue weighted by atomic mass is 10.2. The van der Waals surface area contributed by atoms with Crippen molar-refractivity contribution in [1.29, 1.82) is 0 Å². The fraction of sp³-hybridized carbons (Fsp3) is 0.167. The molecule has 2 rings (SSSR count). The van der Waals surface area contributed by atoms with Crippen LogP contribution in [0.3, 0.4) is 0 Å². The van der Waals surface area contributed by atoms with E-state index in [9.17, 15) is 36.9 Å². The van der Waals surface area contributed by atoms with Crippen LogP contribution in [-0.4, -0.2) is 27.0 Å². The van der Waals surface area contributed by atoms with Crippen molar-refractivity contribution in [1.82, 2.24) is 9.78 Å². The van der Waals surface area contributed by atoms with Gasteiger partial charge in [-0.25, -0.2) is 4.68 Å². The summed E-state index contributed by atoms with van der Waals surface area (Å²) in [7, 11) is 0. The van der Waals surface area contributed by atoms with Crippen LogP contribution in [0.2, 0.25) is 15.1 Å². The number of hydrogen-bond acceptors (Lipinski definition) is 4. The van der Waals surface area contributed by atoms with Gasteiger partial charge in [0.1, 0.15) is 11.9 Å². The highest BCUT2D eigenvalue weighted by molar-refractivity contribution is 6.45. The number of alkyl halides is 5.